The molecule has 3 rings (SSSR count). The number of anilines is 1. The van der Waals surface area contributed by atoms with Gasteiger partial charge in [-0.2, -0.15) is 0 Å². The smallest absolute Gasteiger partial charge is 0.293 e. The van der Waals surface area contributed by atoms with Gasteiger partial charge in [0.15, 0.2) is 10.1 Å². The van der Waals surface area contributed by atoms with Crippen LogP contribution in [0.15, 0.2) is 63.6 Å². The molecule has 0 bridgehead atoms. The number of nitrogens with zero attached hydrogens (tertiary/aromatic N) is 2. The molecular weight excluding hydrogens is 330 g/mol. The number of amides is 1. The van der Waals surface area contributed by atoms with Gasteiger partial charge in [0.1, 0.15) is 0 Å². The molecule has 0 saturated heterocycles. The number of carbonyl (C=O) groups is 1. The Balaban J connectivity index is 1.49. The van der Waals surface area contributed by atoms with Gasteiger partial charge < -0.3 is 4.42 Å². The normalized spacial score (nSPS) is 11.0. The van der Waals surface area contributed by atoms with E-state index in [-0.39, 0.29) is 11.7 Å². The van der Waals surface area contributed by atoms with Crippen LogP contribution in [0, 0.1) is 0 Å². The molecule has 23 heavy (non-hydrogen) atoms. The van der Waals surface area contributed by atoms with Gasteiger partial charge in [0.25, 0.3) is 5.91 Å². The summed E-state index contributed by atoms with van der Waals surface area (Å²) in [4.78, 5) is 11.8. The molecule has 1 amide bonds. The maximum atomic E-state index is 11.8. The lowest BCUT2D eigenvalue weighted by Gasteiger charge is -1.95. The zero-order valence-electron chi connectivity index (χ0n) is 12.0. The zero-order valence-corrected chi connectivity index (χ0v) is 13.6. The topological polar surface area (TPSA) is 68.0 Å². The predicted molar refractivity (Wildman–Crippen MR) is 92.8 cm³/mol. The second-order valence-electron chi connectivity index (χ2n) is 4.43. The first kappa shape index (κ1) is 15.5. The molecule has 2 heterocycles. The molecule has 1 N–H and O–H groups in total. The lowest BCUT2D eigenvalue weighted by atomic mass is 10.2. The molecule has 1 aromatic carbocycles. The Morgan fingerprint density at radius 2 is 2.09 bits per heavy atom. The van der Waals surface area contributed by atoms with Gasteiger partial charge in [-0.15, -0.1) is 10.2 Å². The van der Waals surface area contributed by atoms with E-state index in [0.29, 0.717) is 5.13 Å². The number of nitrogens with one attached hydrogen (secondary N) is 1. The number of hydrogen-bond acceptors (Lipinski definition) is 6. The molecule has 0 radical (unpaired) electrons. The molecule has 0 aliphatic carbocycles. The molecule has 7 heteroatoms. The van der Waals surface area contributed by atoms with Gasteiger partial charge in [0.05, 0.1) is 6.26 Å². The standard InChI is InChI=1S/C16H13N3O2S2/c20-14(13-9-4-10-21-13)17-15-18-19-16(23-15)22-11-5-8-12-6-2-1-3-7-12/h1-10H,11H2,(H,17,18,20)/b8-5+. The molecule has 0 aliphatic heterocycles. The van der Waals surface area contributed by atoms with Gasteiger partial charge in [0, 0.05) is 5.75 Å². The molecule has 3 aromatic rings. The summed E-state index contributed by atoms with van der Waals surface area (Å²) in [5, 5.41) is 11.1. The van der Waals surface area contributed by atoms with Crippen LogP contribution in [-0.2, 0) is 0 Å². The maximum Gasteiger partial charge on any atom is 0.293 e. The van der Waals surface area contributed by atoms with Crippen LogP contribution in [0.2, 0.25) is 0 Å². The Bertz CT molecular complexity index is 783. The second kappa shape index (κ2) is 7.75. The van der Waals surface area contributed by atoms with Crippen LogP contribution in [0.5, 0.6) is 0 Å². The first-order valence-corrected chi connectivity index (χ1v) is 8.64. The van der Waals surface area contributed by atoms with E-state index in [2.05, 4.69) is 27.7 Å². The van der Waals surface area contributed by atoms with Gasteiger partial charge in [-0.25, -0.2) is 0 Å². The average molecular weight is 343 g/mol. The number of hydrogen-bond donors (Lipinski definition) is 1. The zero-order chi connectivity index (χ0) is 15.9. The fourth-order valence-corrected chi connectivity index (χ4v) is 3.34. The molecular formula is C16H13N3O2S2. The highest BCUT2D eigenvalue weighted by molar-refractivity contribution is 8.01. The van der Waals surface area contributed by atoms with E-state index in [1.54, 1.807) is 23.9 Å². The summed E-state index contributed by atoms with van der Waals surface area (Å²) in [7, 11) is 0. The molecule has 0 unspecified atom stereocenters. The van der Waals surface area contributed by atoms with Crippen molar-refractivity contribution in [3.8, 4) is 0 Å². The fraction of sp³-hybridized carbons (Fsp3) is 0.0625. The molecule has 0 spiro atoms. The van der Waals surface area contributed by atoms with Crippen molar-refractivity contribution in [2.45, 2.75) is 4.34 Å². The van der Waals surface area contributed by atoms with Crippen molar-refractivity contribution in [3.05, 3.63) is 66.1 Å². The quantitative estimate of drug-likeness (QED) is 0.537. The molecule has 116 valence electrons. The Morgan fingerprint density at radius 1 is 1.22 bits per heavy atom. The number of carbonyl (C=O) groups excluding carboxylic acids is 1. The van der Waals surface area contributed by atoms with Crippen LogP contribution in [0.25, 0.3) is 6.08 Å². The third-order valence-electron chi connectivity index (χ3n) is 2.78. The van der Waals surface area contributed by atoms with Gasteiger partial charge in [-0.05, 0) is 17.7 Å². The summed E-state index contributed by atoms with van der Waals surface area (Å²) in [6.45, 7) is 0. The van der Waals surface area contributed by atoms with Crippen LogP contribution >= 0.6 is 23.1 Å². The van der Waals surface area contributed by atoms with Crippen molar-refractivity contribution in [3.63, 3.8) is 0 Å². The van der Waals surface area contributed by atoms with Crippen LogP contribution in [0.3, 0.4) is 0 Å². The van der Waals surface area contributed by atoms with Crippen molar-refractivity contribution in [1.82, 2.24) is 10.2 Å². The number of thioether (sulfide) groups is 1. The van der Waals surface area contributed by atoms with Crippen molar-refractivity contribution < 1.29 is 9.21 Å². The van der Waals surface area contributed by atoms with Crippen molar-refractivity contribution >= 4 is 40.2 Å². The molecule has 0 atom stereocenters. The van der Waals surface area contributed by atoms with E-state index in [1.165, 1.54) is 17.6 Å². The lowest BCUT2D eigenvalue weighted by molar-refractivity contribution is 0.0996. The van der Waals surface area contributed by atoms with Crippen LogP contribution in [-0.4, -0.2) is 21.9 Å². The number of furan rings is 1. The van der Waals surface area contributed by atoms with Gasteiger partial charge in [-0.3, -0.25) is 10.1 Å². The van der Waals surface area contributed by atoms with E-state index in [4.69, 9.17) is 4.42 Å². The number of rotatable bonds is 6. The number of aromatic nitrogens is 2. The monoisotopic (exact) mass is 343 g/mol. The SMILES string of the molecule is O=C(Nc1nnc(SC/C=C/c2ccccc2)s1)c1ccco1. The minimum atomic E-state index is -0.327. The third kappa shape index (κ3) is 4.54. The van der Waals surface area contributed by atoms with Gasteiger partial charge in [-0.1, -0.05) is 65.6 Å². The van der Waals surface area contributed by atoms with E-state index >= 15 is 0 Å². The average Bonchev–Trinajstić information content (AvgIpc) is 3.24. The van der Waals surface area contributed by atoms with E-state index in [0.717, 1.165) is 15.7 Å². The summed E-state index contributed by atoms with van der Waals surface area (Å²) in [5.74, 6) is 0.710. The first-order valence-electron chi connectivity index (χ1n) is 6.84. The third-order valence-corrected chi connectivity index (χ3v) is 4.71. The fourth-order valence-electron chi connectivity index (χ4n) is 1.75. The molecule has 0 saturated carbocycles. The van der Waals surface area contributed by atoms with Crippen molar-refractivity contribution in [2.75, 3.05) is 11.1 Å². The molecule has 0 fully saturated rings. The summed E-state index contributed by atoms with van der Waals surface area (Å²) in [6.07, 6.45) is 5.59. The molecule has 5 nitrogen and oxygen atoms in total. The Labute approximate surface area is 141 Å². The Hall–Kier alpha value is -2.38. The lowest BCUT2D eigenvalue weighted by Crippen LogP contribution is -2.10. The summed E-state index contributed by atoms with van der Waals surface area (Å²) in [6, 6.07) is 13.4. The molecule has 2 aromatic heterocycles. The minimum Gasteiger partial charge on any atom is -0.459 e. The second-order valence-corrected chi connectivity index (χ2v) is 6.67. The Kier molecular flexibility index (Phi) is 5.23. The van der Waals surface area contributed by atoms with Gasteiger partial charge in [0.2, 0.25) is 5.13 Å². The van der Waals surface area contributed by atoms with Gasteiger partial charge >= 0.3 is 0 Å². The highest BCUT2D eigenvalue weighted by atomic mass is 32.2. The predicted octanol–water partition coefficient (Wildman–Crippen LogP) is 4.19. The first-order chi connectivity index (χ1) is 11.3. The summed E-state index contributed by atoms with van der Waals surface area (Å²) in [5.41, 5.74) is 1.16. The van der Waals surface area contributed by atoms with E-state index in [9.17, 15) is 4.79 Å². The van der Waals surface area contributed by atoms with E-state index in [1.807, 2.05) is 30.3 Å². The summed E-state index contributed by atoms with van der Waals surface area (Å²) < 4.78 is 5.83. The highest BCUT2D eigenvalue weighted by Crippen LogP contribution is 2.26. The summed E-state index contributed by atoms with van der Waals surface area (Å²) >= 11 is 2.91. The van der Waals surface area contributed by atoms with Crippen LogP contribution < -0.4 is 5.32 Å². The maximum absolute atomic E-state index is 11.8. The largest absolute Gasteiger partial charge is 0.459 e. The minimum absolute atomic E-state index is 0.250. The number of benzene rings is 1. The van der Waals surface area contributed by atoms with Crippen LogP contribution in [0.1, 0.15) is 16.1 Å². The van der Waals surface area contributed by atoms with Crippen molar-refractivity contribution in [2.24, 2.45) is 0 Å². The van der Waals surface area contributed by atoms with Crippen LogP contribution in [0.4, 0.5) is 5.13 Å². The highest BCUT2D eigenvalue weighted by Gasteiger charge is 2.12. The van der Waals surface area contributed by atoms with Crippen molar-refractivity contribution in [1.29, 1.82) is 0 Å². The van der Waals surface area contributed by atoms with E-state index < -0.39 is 0 Å². The Morgan fingerprint density at radius 3 is 2.87 bits per heavy atom. The molecule has 0 aliphatic rings.